The van der Waals surface area contributed by atoms with Crippen molar-refractivity contribution in [2.45, 2.75) is 57.4 Å². The Morgan fingerprint density at radius 2 is 1.25 bits per heavy atom. The molecule has 3 aromatic carbocycles. The summed E-state index contributed by atoms with van der Waals surface area (Å²) >= 11 is 0. The molecule has 0 bridgehead atoms. The Kier molecular flexibility index (Phi) is 9.61. The van der Waals surface area contributed by atoms with E-state index in [1.54, 1.807) is 0 Å². The van der Waals surface area contributed by atoms with Gasteiger partial charge < -0.3 is 29.4 Å². The molecule has 7 nitrogen and oxygen atoms in total. The molecule has 1 fully saturated rings. The maximum absolute atomic E-state index is 12.0. The molecule has 1 heterocycles. The Bertz CT molecular complexity index is 1050. The molecule has 2 N–H and O–H groups in total. The van der Waals surface area contributed by atoms with Crippen LogP contribution in [0.5, 0.6) is 0 Å². The van der Waals surface area contributed by atoms with Gasteiger partial charge in [-0.1, -0.05) is 91.0 Å². The van der Waals surface area contributed by atoms with Gasteiger partial charge in [0, 0.05) is 6.92 Å². The maximum Gasteiger partial charge on any atom is 0.217 e. The van der Waals surface area contributed by atoms with Gasteiger partial charge in [0.2, 0.25) is 5.91 Å². The van der Waals surface area contributed by atoms with Crippen LogP contribution < -0.4 is 5.32 Å². The first-order chi connectivity index (χ1) is 17.6. The molecule has 0 unspecified atom stereocenters. The Hall–Kier alpha value is -3.07. The second kappa shape index (κ2) is 13.3. The summed E-state index contributed by atoms with van der Waals surface area (Å²) < 4.78 is 24.6. The standard InChI is InChI=1S/C29H33NO6/c1-21(31)30-26-28(35-19-24-15-9-4-10-16-24)27(34-18-23-13-7-3-8-14-23)25(36-29(26)32)20-33-17-22-11-5-2-6-12-22/h2-16,25-29,32H,17-20H2,1H3,(H,30,31)/t25-,26+,27+,28-,29-/m1/s1. The predicted octanol–water partition coefficient (Wildman–Crippen LogP) is 3.60. The molecule has 0 spiro atoms. The molecule has 0 aromatic heterocycles. The molecule has 1 aliphatic rings. The van der Waals surface area contributed by atoms with Crippen LogP contribution in [0, 0.1) is 0 Å². The number of benzene rings is 3. The lowest BCUT2D eigenvalue weighted by atomic mass is 9.96. The van der Waals surface area contributed by atoms with Gasteiger partial charge in [-0.2, -0.15) is 0 Å². The monoisotopic (exact) mass is 491 g/mol. The Balaban J connectivity index is 1.53. The molecule has 190 valence electrons. The lowest BCUT2D eigenvalue weighted by Gasteiger charge is -2.44. The van der Waals surface area contributed by atoms with Crippen LogP contribution >= 0.6 is 0 Å². The highest BCUT2D eigenvalue weighted by molar-refractivity contribution is 5.73. The summed E-state index contributed by atoms with van der Waals surface area (Å²) in [5, 5.41) is 13.6. The highest BCUT2D eigenvalue weighted by Crippen LogP contribution is 2.27. The Morgan fingerprint density at radius 1 is 0.778 bits per heavy atom. The fourth-order valence-corrected chi connectivity index (χ4v) is 4.24. The van der Waals surface area contributed by atoms with Gasteiger partial charge in [0.05, 0.1) is 26.4 Å². The van der Waals surface area contributed by atoms with Crippen molar-refractivity contribution in [1.29, 1.82) is 0 Å². The smallest absolute Gasteiger partial charge is 0.217 e. The van der Waals surface area contributed by atoms with Crippen molar-refractivity contribution >= 4 is 5.91 Å². The predicted molar refractivity (Wildman–Crippen MR) is 135 cm³/mol. The molecule has 0 saturated carbocycles. The normalized spacial score (nSPS) is 23.8. The van der Waals surface area contributed by atoms with Crippen LogP contribution in [0.25, 0.3) is 0 Å². The molecule has 1 saturated heterocycles. The summed E-state index contributed by atoms with van der Waals surface area (Å²) in [7, 11) is 0. The molecule has 0 radical (unpaired) electrons. The van der Waals surface area contributed by atoms with Crippen molar-refractivity contribution in [2.24, 2.45) is 0 Å². The van der Waals surface area contributed by atoms with E-state index in [0.717, 1.165) is 16.7 Å². The van der Waals surface area contributed by atoms with Crippen LogP contribution in [0.3, 0.4) is 0 Å². The van der Waals surface area contributed by atoms with E-state index in [9.17, 15) is 9.90 Å². The number of carbonyl (C=O) groups is 1. The Morgan fingerprint density at radius 3 is 1.75 bits per heavy atom. The molecule has 7 heteroatoms. The first-order valence-corrected chi connectivity index (χ1v) is 12.1. The van der Waals surface area contributed by atoms with Crippen molar-refractivity contribution in [1.82, 2.24) is 5.32 Å². The zero-order chi connectivity index (χ0) is 25.2. The van der Waals surface area contributed by atoms with Crippen molar-refractivity contribution in [3.63, 3.8) is 0 Å². The quantitative estimate of drug-likeness (QED) is 0.426. The summed E-state index contributed by atoms with van der Waals surface area (Å²) in [5.74, 6) is -0.295. The summed E-state index contributed by atoms with van der Waals surface area (Å²) in [6.45, 7) is 2.58. The fraction of sp³-hybridized carbons (Fsp3) is 0.345. The minimum Gasteiger partial charge on any atom is -0.374 e. The average Bonchev–Trinajstić information content (AvgIpc) is 2.90. The summed E-state index contributed by atoms with van der Waals surface area (Å²) in [4.78, 5) is 12.0. The van der Waals surface area contributed by atoms with E-state index in [4.69, 9.17) is 18.9 Å². The second-order valence-corrected chi connectivity index (χ2v) is 8.81. The lowest BCUT2D eigenvalue weighted by Crippen LogP contribution is -2.65. The van der Waals surface area contributed by atoms with Gasteiger partial charge >= 0.3 is 0 Å². The number of aliphatic hydroxyl groups excluding tert-OH is 1. The second-order valence-electron chi connectivity index (χ2n) is 8.81. The lowest BCUT2D eigenvalue weighted by molar-refractivity contribution is -0.277. The van der Waals surface area contributed by atoms with Crippen molar-refractivity contribution in [3.05, 3.63) is 108 Å². The van der Waals surface area contributed by atoms with Gasteiger partial charge in [-0.15, -0.1) is 0 Å². The van der Waals surface area contributed by atoms with Crippen LogP contribution in [0.4, 0.5) is 0 Å². The maximum atomic E-state index is 12.0. The molecule has 4 rings (SSSR count). The summed E-state index contributed by atoms with van der Waals surface area (Å²) in [5.41, 5.74) is 2.99. The SMILES string of the molecule is CC(=O)N[C@H]1[C@@H](OCc2ccccc2)[C@@H](OCc2ccccc2)[C@@H](COCc2ccccc2)O[C@H]1O. The van der Waals surface area contributed by atoms with Gasteiger partial charge in [0.1, 0.15) is 24.4 Å². The van der Waals surface area contributed by atoms with Gasteiger partial charge in [0.15, 0.2) is 6.29 Å². The van der Waals surface area contributed by atoms with E-state index in [-0.39, 0.29) is 19.1 Å². The van der Waals surface area contributed by atoms with E-state index in [1.807, 2.05) is 91.0 Å². The molecule has 5 atom stereocenters. The molecule has 3 aromatic rings. The van der Waals surface area contributed by atoms with Crippen LogP contribution in [-0.2, 0) is 43.6 Å². The van der Waals surface area contributed by atoms with Crippen LogP contribution in [0.15, 0.2) is 91.0 Å². The zero-order valence-corrected chi connectivity index (χ0v) is 20.4. The fourth-order valence-electron chi connectivity index (χ4n) is 4.24. The first kappa shape index (κ1) is 26.0. The van der Waals surface area contributed by atoms with E-state index in [1.165, 1.54) is 6.92 Å². The average molecular weight is 492 g/mol. The highest BCUT2D eigenvalue weighted by Gasteiger charge is 2.47. The van der Waals surface area contributed by atoms with Crippen molar-refractivity contribution in [2.75, 3.05) is 6.61 Å². The van der Waals surface area contributed by atoms with Crippen molar-refractivity contribution in [3.8, 4) is 0 Å². The van der Waals surface area contributed by atoms with Gasteiger partial charge in [-0.25, -0.2) is 0 Å². The summed E-state index contributed by atoms with van der Waals surface area (Å²) in [6, 6.07) is 28.6. The highest BCUT2D eigenvalue weighted by atomic mass is 16.7. The minimum absolute atomic E-state index is 0.184. The number of hydrogen-bond donors (Lipinski definition) is 2. The summed E-state index contributed by atoms with van der Waals surface area (Å²) in [6.07, 6.45) is -3.17. The first-order valence-electron chi connectivity index (χ1n) is 12.1. The number of rotatable bonds is 11. The van der Waals surface area contributed by atoms with E-state index >= 15 is 0 Å². The number of nitrogens with one attached hydrogen (secondary N) is 1. The van der Waals surface area contributed by atoms with Crippen LogP contribution in [0.2, 0.25) is 0 Å². The third-order valence-electron chi connectivity index (χ3n) is 6.00. The molecule has 1 amide bonds. The Labute approximate surface area is 212 Å². The molecule has 0 aliphatic carbocycles. The molecule has 36 heavy (non-hydrogen) atoms. The van der Waals surface area contributed by atoms with E-state index in [0.29, 0.717) is 13.2 Å². The van der Waals surface area contributed by atoms with Gasteiger partial charge in [0.25, 0.3) is 0 Å². The number of aliphatic hydroxyl groups is 1. The topological polar surface area (TPSA) is 86.3 Å². The number of amides is 1. The van der Waals surface area contributed by atoms with E-state index in [2.05, 4.69) is 5.32 Å². The minimum atomic E-state index is -1.28. The molecule has 1 aliphatic heterocycles. The van der Waals surface area contributed by atoms with E-state index < -0.39 is 30.6 Å². The zero-order valence-electron chi connectivity index (χ0n) is 20.4. The third-order valence-corrected chi connectivity index (χ3v) is 6.00. The van der Waals surface area contributed by atoms with Crippen molar-refractivity contribution < 1.29 is 28.8 Å². The number of ether oxygens (including phenoxy) is 4. The number of hydrogen-bond acceptors (Lipinski definition) is 6. The molecular weight excluding hydrogens is 458 g/mol. The van der Waals surface area contributed by atoms with Crippen LogP contribution in [0.1, 0.15) is 23.6 Å². The van der Waals surface area contributed by atoms with Crippen LogP contribution in [-0.4, -0.2) is 48.3 Å². The van der Waals surface area contributed by atoms with Gasteiger partial charge in [-0.05, 0) is 16.7 Å². The third kappa shape index (κ3) is 7.46. The molecular formula is C29H33NO6. The van der Waals surface area contributed by atoms with Gasteiger partial charge in [-0.3, -0.25) is 4.79 Å². The number of carbonyl (C=O) groups excluding carboxylic acids is 1. The largest absolute Gasteiger partial charge is 0.374 e.